The fourth-order valence-electron chi connectivity index (χ4n) is 7.25. The Morgan fingerprint density at radius 1 is 0.879 bits per heavy atom. The first kappa shape index (κ1) is 38.6. The predicted octanol–water partition coefficient (Wildman–Crippen LogP) is 8.96. The molecule has 0 bridgehead atoms. The van der Waals surface area contributed by atoms with E-state index in [1.807, 2.05) is 89.8 Å². The Morgan fingerprint density at radius 3 is 2.29 bits per heavy atom. The van der Waals surface area contributed by atoms with Gasteiger partial charge in [0.2, 0.25) is 5.91 Å². The number of fused-ring (bicyclic) bond motifs is 2. The molecular weight excluding hydrogens is 777 g/mol. The zero-order chi connectivity index (χ0) is 40.2. The van der Waals surface area contributed by atoms with Crippen LogP contribution in [0.2, 0.25) is 10.0 Å². The molecule has 1 aromatic heterocycles. The summed E-state index contributed by atoms with van der Waals surface area (Å²) in [5.74, 6) is 1.05. The second-order valence-electron chi connectivity index (χ2n) is 14.3. The Morgan fingerprint density at radius 2 is 1.60 bits per heavy atom. The number of hydrogen-bond acceptors (Lipinski definition) is 8. The average Bonchev–Trinajstić information content (AvgIpc) is 3.76. The molecule has 1 amide bonds. The fraction of sp³-hybridized carbons (Fsp3) is 0.196. The lowest BCUT2D eigenvalue weighted by molar-refractivity contribution is -0.143. The summed E-state index contributed by atoms with van der Waals surface area (Å²) in [4.78, 5) is 28.5. The van der Waals surface area contributed by atoms with Gasteiger partial charge in [-0.15, -0.1) is 0 Å². The number of benzene rings is 5. The lowest BCUT2D eigenvalue weighted by Crippen LogP contribution is -2.54. The molecule has 0 saturated heterocycles. The number of nitrogens with zero attached hydrogens (tertiary/aromatic N) is 2. The molecule has 58 heavy (non-hydrogen) atoms. The van der Waals surface area contributed by atoms with Crippen molar-refractivity contribution < 1.29 is 33.3 Å². The minimum atomic E-state index is -1.15. The Balaban J connectivity index is 0.945. The minimum absolute atomic E-state index is 0.102. The summed E-state index contributed by atoms with van der Waals surface area (Å²) in [6, 6.07) is 35.7. The van der Waals surface area contributed by atoms with Gasteiger partial charge in [0, 0.05) is 13.0 Å². The Hall–Kier alpha value is -6.25. The van der Waals surface area contributed by atoms with Gasteiger partial charge in [-0.3, -0.25) is 9.69 Å². The van der Waals surface area contributed by atoms with E-state index in [0.717, 1.165) is 38.9 Å². The van der Waals surface area contributed by atoms with E-state index in [2.05, 4.69) is 11.4 Å². The van der Waals surface area contributed by atoms with E-state index in [1.54, 1.807) is 36.6 Å². The standard InChI is InChI=1S/C46H37Cl2N3O7/c47-38-16-7-30(18-39(38)48)26-56-36-14-12-33(13-15-36)44-27-57-42-21-34-20-41(51(25-37-2-1-17-55-37)24-35(34)22-43(42)58-44)45(52)50-40(46(53)54)19-28-3-8-31(9-4-28)32-10-5-29(23-49)6-11-32/h1-18,21-22,40-41,44H,19-20,24-27H2,(H,50,52)(H,53,54)/t40-,41?,44+/m0/s1. The zero-order valence-corrected chi connectivity index (χ0v) is 32.6. The van der Waals surface area contributed by atoms with Crippen LogP contribution in [0.3, 0.4) is 0 Å². The summed E-state index contributed by atoms with van der Waals surface area (Å²) in [7, 11) is 0. The van der Waals surface area contributed by atoms with Gasteiger partial charge < -0.3 is 29.1 Å². The van der Waals surface area contributed by atoms with Crippen LogP contribution in [0.4, 0.5) is 0 Å². The van der Waals surface area contributed by atoms with E-state index >= 15 is 0 Å². The lowest BCUT2D eigenvalue weighted by Gasteiger charge is -2.37. The van der Waals surface area contributed by atoms with Crippen molar-refractivity contribution in [1.29, 1.82) is 5.26 Å². The molecule has 3 atom stereocenters. The first-order valence-corrected chi connectivity index (χ1v) is 19.5. The van der Waals surface area contributed by atoms with Crippen molar-refractivity contribution in [1.82, 2.24) is 10.2 Å². The van der Waals surface area contributed by atoms with Gasteiger partial charge in [-0.05, 0) is 106 Å². The van der Waals surface area contributed by atoms with Crippen molar-refractivity contribution in [2.45, 2.75) is 50.7 Å². The number of carbonyl (C=O) groups is 2. The van der Waals surface area contributed by atoms with Gasteiger partial charge in [0.05, 0.1) is 40.5 Å². The molecule has 0 fully saturated rings. The number of ether oxygens (including phenoxy) is 3. The molecule has 3 heterocycles. The van der Waals surface area contributed by atoms with Gasteiger partial charge in [-0.1, -0.05) is 77.8 Å². The van der Waals surface area contributed by atoms with Crippen molar-refractivity contribution in [2.24, 2.45) is 0 Å². The number of amides is 1. The number of aliphatic carboxylic acids is 1. The Labute approximate surface area is 345 Å². The quantitative estimate of drug-likeness (QED) is 0.124. The Kier molecular flexibility index (Phi) is 11.4. The summed E-state index contributed by atoms with van der Waals surface area (Å²) >= 11 is 12.2. The van der Waals surface area contributed by atoms with E-state index in [9.17, 15) is 14.7 Å². The smallest absolute Gasteiger partial charge is 0.326 e. The molecule has 1 unspecified atom stereocenters. The fourth-order valence-corrected chi connectivity index (χ4v) is 7.57. The van der Waals surface area contributed by atoms with Crippen LogP contribution in [0.15, 0.2) is 126 Å². The molecule has 0 radical (unpaired) electrons. The average molecular weight is 815 g/mol. The highest BCUT2D eigenvalue weighted by Gasteiger charge is 2.36. The number of carboxylic acids is 1. The molecule has 2 aliphatic heterocycles. The van der Waals surface area contributed by atoms with Crippen LogP contribution in [0.25, 0.3) is 11.1 Å². The number of nitriles is 1. The molecule has 0 aliphatic carbocycles. The predicted molar refractivity (Wildman–Crippen MR) is 218 cm³/mol. The minimum Gasteiger partial charge on any atom is -0.489 e. The van der Waals surface area contributed by atoms with Crippen LogP contribution in [0.1, 0.15) is 45.2 Å². The first-order valence-electron chi connectivity index (χ1n) is 18.7. The van der Waals surface area contributed by atoms with Crippen molar-refractivity contribution >= 4 is 35.1 Å². The summed E-state index contributed by atoms with van der Waals surface area (Å²) in [6.07, 6.45) is 1.67. The third-order valence-corrected chi connectivity index (χ3v) is 11.1. The SMILES string of the molecule is N#Cc1ccc(-c2ccc(C[C@H](NC(=O)C3Cc4cc5c(cc4CN3Cc3ccco3)O[C@@H](c3ccc(OCc4ccc(Cl)c(Cl)c4)cc3)CO5)C(=O)O)cc2)cc1. The molecule has 0 spiro atoms. The monoisotopic (exact) mass is 813 g/mol. The third-order valence-electron chi connectivity index (χ3n) is 10.4. The number of hydrogen-bond donors (Lipinski definition) is 2. The van der Waals surface area contributed by atoms with E-state index in [-0.39, 0.29) is 12.5 Å². The van der Waals surface area contributed by atoms with Crippen LogP contribution >= 0.6 is 23.2 Å². The maximum absolute atomic E-state index is 14.1. The highest BCUT2D eigenvalue weighted by atomic mass is 35.5. The topological polar surface area (TPSA) is 134 Å². The van der Waals surface area contributed by atoms with Crippen LogP contribution in [-0.4, -0.2) is 40.6 Å². The van der Waals surface area contributed by atoms with Gasteiger partial charge in [0.15, 0.2) is 17.6 Å². The summed E-state index contributed by atoms with van der Waals surface area (Å²) in [6.45, 7) is 1.37. The normalized spacial score (nSPS) is 16.4. The number of carboxylic acid groups (broad SMARTS) is 1. The maximum Gasteiger partial charge on any atom is 0.326 e. The maximum atomic E-state index is 14.1. The lowest BCUT2D eigenvalue weighted by atomic mass is 9.92. The number of carbonyl (C=O) groups excluding carboxylic acids is 1. The van der Waals surface area contributed by atoms with Gasteiger partial charge in [-0.25, -0.2) is 4.79 Å². The molecule has 10 nitrogen and oxygen atoms in total. The summed E-state index contributed by atoms with van der Waals surface area (Å²) in [5, 5.41) is 23.1. The largest absolute Gasteiger partial charge is 0.489 e. The van der Waals surface area contributed by atoms with Crippen molar-refractivity contribution in [2.75, 3.05) is 6.61 Å². The highest BCUT2D eigenvalue weighted by molar-refractivity contribution is 6.42. The zero-order valence-electron chi connectivity index (χ0n) is 31.1. The number of furan rings is 1. The van der Waals surface area contributed by atoms with E-state index < -0.39 is 24.0 Å². The van der Waals surface area contributed by atoms with Gasteiger partial charge in [0.25, 0.3) is 0 Å². The first-order chi connectivity index (χ1) is 28.2. The van der Waals surface area contributed by atoms with E-state index in [1.165, 1.54) is 0 Å². The van der Waals surface area contributed by atoms with E-state index in [0.29, 0.717) is 71.3 Å². The molecule has 292 valence electrons. The number of halogens is 2. The van der Waals surface area contributed by atoms with Gasteiger partial charge >= 0.3 is 5.97 Å². The van der Waals surface area contributed by atoms with Gasteiger partial charge in [-0.2, -0.15) is 5.26 Å². The van der Waals surface area contributed by atoms with Crippen LogP contribution in [-0.2, 0) is 42.1 Å². The summed E-state index contributed by atoms with van der Waals surface area (Å²) in [5.41, 5.74) is 6.94. The molecule has 8 rings (SSSR count). The molecule has 6 aromatic rings. The molecule has 2 N–H and O–H groups in total. The second-order valence-corrected chi connectivity index (χ2v) is 15.1. The highest BCUT2D eigenvalue weighted by Crippen LogP contribution is 2.41. The number of nitrogens with one attached hydrogen (secondary N) is 1. The van der Waals surface area contributed by atoms with Crippen LogP contribution in [0, 0.1) is 11.3 Å². The molecule has 2 aliphatic rings. The Bertz CT molecular complexity index is 2470. The molecule has 5 aromatic carbocycles. The second kappa shape index (κ2) is 17.1. The molecule has 12 heteroatoms. The van der Waals surface area contributed by atoms with Crippen molar-refractivity contribution in [3.05, 3.63) is 171 Å². The van der Waals surface area contributed by atoms with Gasteiger partial charge in [0.1, 0.15) is 30.8 Å². The molecule has 0 saturated carbocycles. The summed E-state index contributed by atoms with van der Waals surface area (Å²) < 4.78 is 24.3. The van der Waals surface area contributed by atoms with Crippen molar-refractivity contribution in [3.63, 3.8) is 0 Å². The van der Waals surface area contributed by atoms with Crippen molar-refractivity contribution in [3.8, 4) is 34.4 Å². The third kappa shape index (κ3) is 8.82. The van der Waals surface area contributed by atoms with Crippen LogP contribution < -0.4 is 19.5 Å². The van der Waals surface area contributed by atoms with E-state index in [4.69, 9.17) is 47.1 Å². The van der Waals surface area contributed by atoms with Crippen LogP contribution in [0.5, 0.6) is 17.2 Å². The molecular formula is C46H37Cl2N3O7. The number of rotatable bonds is 12.